The lowest BCUT2D eigenvalue weighted by atomic mass is 10.1. The van der Waals surface area contributed by atoms with E-state index in [1.54, 1.807) is 17.7 Å². The molecule has 0 bridgehead atoms. The van der Waals surface area contributed by atoms with E-state index >= 15 is 0 Å². The number of anilines is 2. The van der Waals surface area contributed by atoms with Gasteiger partial charge in [0.25, 0.3) is 0 Å². The fraction of sp³-hybridized carbons (Fsp3) is 0.391. The fourth-order valence-electron chi connectivity index (χ4n) is 4.04. The lowest BCUT2D eigenvalue weighted by molar-refractivity contribution is 0.206. The summed E-state index contributed by atoms with van der Waals surface area (Å²) in [6.07, 6.45) is 5.68. The number of benzene rings is 1. The molecule has 1 aliphatic heterocycles. The average Bonchev–Trinajstić information content (AvgIpc) is 3.44. The summed E-state index contributed by atoms with van der Waals surface area (Å²) in [6, 6.07) is 10.7. The molecule has 0 radical (unpaired) electrons. The van der Waals surface area contributed by atoms with Gasteiger partial charge in [-0.15, -0.1) is 10.2 Å². The highest BCUT2D eigenvalue weighted by Crippen LogP contribution is 2.30. The number of nitrogens with two attached hydrogens (primary N) is 1. The Kier molecular flexibility index (Phi) is 5.86. The van der Waals surface area contributed by atoms with E-state index in [0.717, 1.165) is 65.1 Å². The van der Waals surface area contributed by atoms with E-state index in [4.69, 9.17) is 5.73 Å². The third-order valence-corrected chi connectivity index (χ3v) is 7.14. The molecule has 9 heteroatoms. The summed E-state index contributed by atoms with van der Waals surface area (Å²) in [6.45, 7) is 7.19. The van der Waals surface area contributed by atoms with Gasteiger partial charge in [0.1, 0.15) is 21.9 Å². The number of nitrogens with one attached hydrogen (secondary N) is 1. The zero-order valence-electron chi connectivity index (χ0n) is 18.4. The second-order valence-corrected chi connectivity index (χ2v) is 9.67. The van der Waals surface area contributed by atoms with Crippen molar-refractivity contribution in [2.75, 3.05) is 18.4 Å². The average molecular weight is 449 g/mol. The van der Waals surface area contributed by atoms with Crippen LogP contribution in [0.3, 0.4) is 0 Å². The Bertz CT molecular complexity index is 1210. The zero-order valence-corrected chi connectivity index (χ0v) is 19.2. The molecular formula is C23H28N8S. The molecule has 0 atom stereocenters. The second kappa shape index (κ2) is 8.93. The van der Waals surface area contributed by atoms with Gasteiger partial charge in [0.05, 0.1) is 0 Å². The molecule has 4 aromatic rings. The summed E-state index contributed by atoms with van der Waals surface area (Å²) in [7, 11) is 0. The predicted octanol–water partition coefficient (Wildman–Crippen LogP) is 4.04. The van der Waals surface area contributed by atoms with Crippen LogP contribution >= 0.6 is 11.3 Å². The Hall–Kier alpha value is -2.88. The Morgan fingerprint density at radius 1 is 1.19 bits per heavy atom. The maximum Gasteiger partial charge on any atom is 0.158 e. The van der Waals surface area contributed by atoms with Crippen molar-refractivity contribution in [1.82, 2.24) is 29.7 Å². The van der Waals surface area contributed by atoms with Crippen LogP contribution in [-0.2, 0) is 6.54 Å². The first-order chi connectivity index (χ1) is 15.6. The van der Waals surface area contributed by atoms with Crippen molar-refractivity contribution in [3.63, 3.8) is 0 Å². The Morgan fingerprint density at radius 3 is 2.81 bits per heavy atom. The second-order valence-electron chi connectivity index (χ2n) is 8.66. The smallest absolute Gasteiger partial charge is 0.158 e. The summed E-state index contributed by atoms with van der Waals surface area (Å²) < 4.78 is 1.89. The van der Waals surface area contributed by atoms with E-state index in [1.807, 2.05) is 22.8 Å². The van der Waals surface area contributed by atoms with Gasteiger partial charge in [0, 0.05) is 36.0 Å². The third-order valence-electron chi connectivity index (χ3n) is 5.87. The minimum absolute atomic E-state index is 0.328. The van der Waals surface area contributed by atoms with Gasteiger partial charge in [-0.25, -0.2) is 9.50 Å². The maximum absolute atomic E-state index is 6.07. The Labute approximate surface area is 191 Å². The molecule has 1 fully saturated rings. The number of fused-ring (bicyclic) bond motifs is 1. The summed E-state index contributed by atoms with van der Waals surface area (Å²) in [4.78, 5) is 7.02. The van der Waals surface area contributed by atoms with E-state index < -0.39 is 0 Å². The predicted molar refractivity (Wildman–Crippen MR) is 128 cm³/mol. The Morgan fingerprint density at radius 2 is 2.03 bits per heavy atom. The molecule has 166 valence electrons. The standard InChI is InChI=1S/C23H28N8S/c1-15(2)22-28-29-23(32-22)16-4-3-5-19(12-16)27-21-20-17(6-11-31(20)26-14-25-21)13-30-9-7-18(24)8-10-30/h3-6,11-12,14-15,18H,7-10,13,24H2,1-2H3,(H,25,26,27). The first kappa shape index (κ1) is 21.0. The van der Waals surface area contributed by atoms with Crippen LogP contribution in [0.25, 0.3) is 16.1 Å². The quantitative estimate of drug-likeness (QED) is 0.459. The van der Waals surface area contributed by atoms with Crippen molar-refractivity contribution in [1.29, 1.82) is 0 Å². The number of aromatic nitrogens is 5. The summed E-state index contributed by atoms with van der Waals surface area (Å²) in [5, 5.41) is 18.6. The number of nitrogens with zero attached hydrogens (tertiary/aromatic N) is 6. The molecule has 1 aliphatic rings. The van der Waals surface area contributed by atoms with Gasteiger partial charge in [-0.2, -0.15) is 5.10 Å². The fourth-order valence-corrected chi connectivity index (χ4v) is 4.88. The van der Waals surface area contributed by atoms with Gasteiger partial charge < -0.3 is 11.1 Å². The molecule has 0 aliphatic carbocycles. The first-order valence-electron chi connectivity index (χ1n) is 11.1. The molecule has 3 N–H and O–H groups in total. The van der Waals surface area contributed by atoms with Crippen LogP contribution in [0.15, 0.2) is 42.9 Å². The van der Waals surface area contributed by atoms with E-state index in [0.29, 0.717) is 12.0 Å². The highest BCUT2D eigenvalue weighted by atomic mass is 32.1. The van der Waals surface area contributed by atoms with Crippen LogP contribution in [0.4, 0.5) is 11.5 Å². The zero-order chi connectivity index (χ0) is 22.1. The summed E-state index contributed by atoms with van der Waals surface area (Å²) >= 11 is 1.64. The lowest BCUT2D eigenvalue weighted by Gasteiger charge is -2.29. The van der Waals surface area contributed by atoms with Gasteiger partial charge in [0.15, 0.2) is 5.82 Å². The van der Waals surface area contributed by atoms with Gasteiger partial charge in [0.2, 0.25) is 0 Å². The molecule has 1 aromatic carbocycles. The van der Waals surface area contributed by atoms with E-state index in [1.165, 1.54) is 5.56 Å². The van der Waals surface area contributed by atoms with Crippen molar-refractivity contribution in [3.8, 4) is 10.6 Å². The van der Waals surface area contributed by atoms with Crippen LogP contribution in [0.1, 0.15) is 43.2 Å². The van der Waals surface area contributed by atoms with E-state index in [-0.39, 0.29) is 0 Å². The molecule has 32 heavy (non-hydrogen) atoms. The summed E-state index contributed by atoms with van der Waals surface area (Å²) in [5.41, 5.74) is 10.3. The van der Waals surface area contributed by atoms with Gasteiger partial charge in [-0.05, 0) is 49.7 Å². The minimum Gasteiger partial charge on any atom is -0.338 e. The van der Waals surface area contributed by atoms with Crippen LogP contribution in [-0.4, -0.2) is 48.8 Å². The number of likely N-dealkylation sites (tertiary alicyclic amines) is 1. The number of hydrogen-bond donors (Lipinski definition) is 2. The molecule has 1 saturated heterocycles. The number of hydrogen-bond acceptors (Lipinski definition) is 8. The molecular weight excluding hydrogens is 420 g/mol. The van der Waals surface area contributed by atoms with Gasteiger partial charge >= 0.3 is 0 Å². The molecule has 0 unspecified atom stereocenters. The molecule has 3 aromatic heterocycles. The van der Waals surface area contributed by atoms with Crippen molar-refractivity contribution in [3.05, 3.63) is 53.4 Å². The molecule has 0 saturated carbocycles. The van der Waals surface area contributed by atoms with Crippen molar-refractivity contribution in [2.24, 2.45) is 5.73 Å². The third kappa shape index (κ3) is 4.36. The SMILES string of the molecule is CC(C)c1nnc(-c2cccc(Nc3ncnn4ccc(CN5CCC(N)CC5)c34)c2)s1. The Balaban J connectivity index is 1.41. The molecule has 5 rings (SSSR count). The van der Waals surface area contributed by atoms with Crippen molar-refractivity contribution < 1.29 is 0 Å². The monoisotopic (exact) mass is 448 g/mol. The van der Waals surface area contributed by atoms with Gasteiger partial charge in [-0.1, -0.05) is 37.3 Å². The lowest BCUT2D eigenvalue weighted by Crippen LogP contribution is -2.39. The number of piperidine rings is 1. The molecule has 0 spiro atoms. The highest BCUT2D eigenvalue weighted by Gasteiger charge is 2.19. The number of rotatable bonds is 6. The first-order valence-corrected chi connectivity index (χ1v) is 11.9. The van der Waals surface area contributed by atoms with Crippen molar-refractivity contribution in [2.45, 2.75) is 45.2 Å². The van der Waals surface area contributed by atoms with E-state index in [9.17, 15) is 0 Å². The normalized spacial score (nSPS) is 15.6. The maximum atomic E-state index is 6.07. The van der Waals surface area contributed by atoms with Crippen LogP contribution in [0.2, 0.25) is 0 Å². The largest absolute Gasteiger partial charge is 0.338 e. The van der Waals surface area contributed by atoms with Crippen molar-refractivity contribution >= 4 is 28.4 Å². The summed E-state index contributed by atoms with van der Waals surface area (Å²) in [5.74, 6) is 1.17. The van der Waals surface area contributed by atoms with Crippen LogP contribution < -0.4 is 11.1 Å². The van der Waals surface area contributed by atoms with Gasteiger partial charge in [-0.3, -0.25) is 4.90 Å². The topological polar surface area (TPSA) is 97.3 Å². The molecule has 0 amide bonds. The van der Waals surface area contributed by atoms with E-state index in [2.05, 4.69) is 62.5 Å². The van der Waals surface area contributed by atoms with Crippen LogP contribution in [0, 0.1) is 0 Å². The molecule has 4 heterocycles. The van der Waals surface area contributed by atoms with Crippen LogP contribution in [0.5, 0.6) is 0 Å². The molecule has 8 nitrogen and oxygen atoms in total. The highest BCUT2D eigenvalue weighted by molar-refractivity contribution is 7.14. The minimum atomic E-state index is 0.328.